The summed E-state index contributed by atoms with van der Waals surface area (Å²) in [6.45, 7) is 0. The molecule has 0 unspecified atom stereocenters. The molecule has 0 saturated heterocycles. The molecule has 4 rings (SSSR count). The van der Waals surface area contributed by atoms with E-state index < -0.39 is 17.6 Å². The van der Waals surface area contributed by atoms with Gasteiger partial charge in [-0.3, -0.25) is 9.78 Å². The zero-order chi connectivity index (χ0) is 22.0. The van der Waals surface area contributed by atoms with Gasteiger partial charge in [-0.25, -0.2) is 19.2 Å². The summed E-state index contributed by atoms with van der Waals surface area (Å²) in [4.78, 5) is 36.9. The lowest BCUT2D eigenvalue weighted by Crippen LogP contribution is -2.16. The Morgan fingerprint density at radius 2 is 1.97 bits per heavy atom. The predicted molar refractivity (Wildman–Crippen MR) is 112 cm³/mol. The molecule has 3 heterocycles. The lowest BCUT2D eigenvalue weighted by Gasteiger charge is -2.12. The summed E-state index contributed by atoms with van der Waals surface area (Å²) >= 11 is 1.26. The Morgan fingerprint density at radius 1 is 1.19 bits per heavy atom. The largest absolute Gasteiger partial charge is 0.504 e. The number of carbonyl (C=O) groups is 2. The van der Waals surface area contributed by atoms with Crippen LogP contribution in [-0.4, -0.2) is 39.0 Å². The molecule has 156 valence electrons. The zero-order valence-electron chi connectivity index (χ0n) is 16.1. The third kappa shape index (κ3) is 4.19. The van der Waals surface area contributed by atoms with Crippen LogP contribution < -0.4 is 5.32 Å². The van der Waals surface area contributed by atoms with Gasteiger partial charge in [-0.1, -0.05) is 12.1 Å². The van der Waals surface area contributed by atoms with Gasteiger partial charge in [0.15, 0.2) is 11.4 Å². The number of aromatic hydroxyl groups is 1. The molecule has 0 saturated carbocycles. The number of nitrogens with zero attached hydrogens (tertiary/aromatic N) is 3. The summed E-state index contributed by atoms with van der Waals surface area (Å²) in [7, 11) is 1.15. The second-order valence-electron chi connectivity index (χ2n) is 6.52. The number of esters is 1. The van der Waals surface area contributed by atoms with Gasteiger partial charge in [0.05, 0.1) is 12.6 Å². The zero-order valence-corrected chi connectivity index (χ0v) is 16.9. The van der Waals surface area contributed by atoms with E-state index in [4.69, 9.17) is 0 Å². The number of hydrogen-bond donors (Lipinski definition) is 2. The Bertz CT molecular complexity index is 1280. The molecule has 10 heteroatoms. The van der Waals surface area contributed by atoms with Crippen LogP contribution in [0.1, 0.15) is 32.1 Å². The number of fused-ring (bicyclic) bond motifs is 1. The van der Waals surface area contributed by atoms with Crippen LogP contribution in [0.15, 0.2) is 47.4 Å². The fourth-order valence-corrected chi connectivity index (χ4v) is 3.51. The smallest absolute Gasteiger partial charge is 0.360 e. The van der Waals surface area contributed by atoms with Crippen LogP contribution in [-0.2, 0) is 11.2 Å². The Morgan fingerprint density at radius 3 is 2.65 bits per heavy atom. The minimum absolute atomic E-state index is 0.0275. The van der Waals surface area contributed by atoms with Crippen molar-refractivity contribution in [3.63, 3.8) is 0 Å². The highest BCUT2D eigenvalue weighted by Gasteiger charge is 2.22. The molecule has 0 aliphatic heterocycles. The van der Waals surface area contributed by atoms with Crippen molar-refractivity contribution in [1.82, 2.24) is 15.0 Å². The molecule has 0 aliphatic carbocycles. The van der Waals surface area contributed by atoms with Crippen molar-refractivity contribution < 1.29 is 23.8 Å². The highest BCUT2D eigenvalue weighted by atomic mass is 32.1. The minimum Gasteiger partial charge on any atom is -0.504 e. The number of rotatable bonds is 5. The second kappa shape index (κ2) is 8.44. The van der Waals surface area contributed by atoms with E-state index in [-0.39, 0.29) is 28.5 Å². The molecule has 2 N–H and O–H groups in total. The summed E-state index contributed by atoms with van der Waals surface area (Å²) in [5.74, 6) is -2.17. The Balaban J connectivity index is 1.80. The van der Waals surface area contributed by atoms with Gasteiger partial charge in [-0.05, 0) is 35.7 Å². The van der Waals surface area contributed by atoms with Crippen LogP contribution in [0.2, 0.25) is 0 Å². The molecule has 3 aromatic heterocycles. The number of benzene rings is 1. The van der Waals surface area contributed by atoms with Crippen LogP contribution in [0, 0.1) is 5.82 Å². The van der Waals surface area contributed by atoms with Crippen LogP contribution in [0.5, 0.6) is 5.75 Å². The molecule has 8 nitrogen and oxygen atoms in total. The molecule has 1 amide bonds. The molecule has 0 fully saturated rings. The van der Waals surface area contributed by atoms with E-state index in [1.807, 2.05) is 0 Å². The van der Waals surface area contributed by atoms with Crippen molar-refractivity contribution in [3.05, 3.63) is 75.8 Å². The third-order valence-electron chi connectivity index (χ3n) is 4.47. The van der Waals surface area contributed by atoms with Crippen molar-refractivity contribution in [2.75, 3.05) is 12.4 Å². The van der Waals surface area contributed by atoms with Gasteiger partial charge in [-0.15, -0.1) is 11.3 Å². The van der Waals surface area contributed by atoms with Crippen molar-refractivity contribution >= 4 is 39.9 Å². The quantitative estimate of drug-likeness (QED) is 0.458. The number of ether oxygens (including phenoxy) is 1. The minimum atomic E-state index is -0.874. The predicted octanol–water partition coefficient (Wildman–Crippen LogP) is 3.56. The first-order chi connectivity index (χ1) is 15.0. The topological polar surface area (TPSA) is 114 Å². The van der Waals surface area contributed by atoms with Crippen LogP contribution in [0.4, 0.5) is 10.2 Å². The summed E-state index contributed by atoms with van der Waals surface area (Å²) in [6.07, 6.45) is 1.96. The number of hydrogen-bond acceptors (Lipinski definition) is 8. The maximum absolute atomic E-state index is 13.2. The molecule has 0 aliphatic rings. The molecule has 0 spiro atoms. The number of halogens is 1. The molecular weight excluding hydrogens is 423 g/mol. The second-order valence-corrected chi connectivity index (χ2v) is 7.24. The number of carbonyl (C=O) groups excluding carboxylic acids is 2. The first-order valence-corrected chi connectivity index (χ1v) is 9.94. The molecule has 4 aromatic rings. The van der Waals surface area contributed by atoms with Gasteiger partial charge in [0.25, 0.3) is 5.91 Å². The lowest BCUT2D eigenvalue weighted by molar-refractivity contribution is 0.0590. The monoisotopic (exact) mass is 438 g/mol. The molecule has 1 aromatic carbocycles. The fourth-order valence-electron chi connectivity index (χ4n) is 2.98. The Hall–Kier alpha value is -3.92. The number of methoxy groups -OCH3 is 1. The van der Waals surface area contributed by atoms with E-state index in [1.165, 1.54) is 35.2 Å². The first-order valence-electron chi connectivity index (χ1n) is 9.00. The van der Waals surface area contributed by atoms with Crippen LogP contribution in [0.25, 0.3) is 10.9 Å². The number of amides is 1. The number of anilines is 1. The molecule has 0 radical (unpaired) electrons. The van der Waals surface area contributed by atoms with E-state index in [0.717, 1.165) is 18.2 Å². The van der Waals surface area contributed by atoms with E-state index >= 15 is 0 Å². The normalized spacial score (nSPS) is 10.8. The van der Waals surface area contributed by atoms with Gasteiger partial charge < -0.3 is 15.2 Å². The van der Waals surface area contributed by atoms with Crippen molar-refractivity contribution in [2.45, 2.75) is 6.42 Å². The van der Waals surface area contributed by atoms with Crippen molar-refractivity contribution in [1.29, 1.82) is 0 Å². The SMILES string of the molecule is COC(=O)c1nc(NC(=O)c2cscn2)c2cc(Cc3ccc(F)cc3)cnc2c1O. The Labute approximate surface area is 179 Å². The lowest BCUT2D eigenvalue weighted by atomic mass is 10.0. The fraction of sp³-hybridized carbons (Fsp3) is 0.0952. The highest BCUT2D eigenvalue weighted by Crippen LogP contribution is 2.32. The number of thiazole rings is 1. The Kier molecular flexibility index (Phi) is 5.54. The summed E-state index contributed by atoms with van der Waals surface area (Å²) in [5, 5.41) is 15.0. The standard InChI is InChI=1S/C21H15FN4O4S/c1-30-21(29)17-18(27)16-14(19(25-17)26-20(28)15-9-31-10-24-15)7-12(8-23-16)6-11-2-4-13(22)5-3-11/h2-5,7-10,27H,6H2,1H3,(H,25,26,28). The summed E-state index contributed by atoms with van der Waals surface area (Å²) in [5.41, 5.74) is 2.98. The van der Waals surface area contributed by atoms with Gasteiger partial charge in [0.2, 0.25) is 0 Å². The molecule has 0 atom stereocenters. The van der Waals surface area contributed by atoms with E-state index in [9.17, 15) is 19.1 Å². The van der Waals surface area contributed by atoms with E-state index in [1.54, 1.807) is 23.6 Å². The maximum atomic E-state index is 13.2. The van der Waals surface area contributed by atoms with Crippen molar-refractivity contribution in [3.8, 4) is 5.75 Å². The number of aromatic nitrogens is 3. The van der Waals surface area contributed by atoms with E-state index in [0.29, 0.717) is 11.8 Å². The maximum Gasteiger partial charge on any atom is 0.360 e. The van der Waals surface area contributed by atoms with E-state index in [2.05, 4.69) is 25.0 Å². The molecule has 0 bridgehead atoms. The number of nitrogens with one attached hydrogen (secondary N) is 1. The van der Waals surface area contributed by atoms with Gasteiger partial charge >= 0.3 is 5.97 Å². The van der Waals surface area contributed by atoms with Crippen LogP contribution >= 0.6 is 11.3 Å². The van der Waals surface area contributed by atoms with Crippen molar-refractivity contribution in [2.24, 2.45) is 0 Å². The molecule has 31 heavy (non-hydrogen) atoms. The average molecular weight is 438 g/mol. The van der Waals surface area contributed by atoms with Gasteiger partial charge in [-0.2, -0.15) is 0 Å². The average Bonchev–Trinajstić information content (AvgIpc) is 3.32. The number of pyridine rings is 2. The summed E-state index contributed by atoms with van der Waals surface area (Å²) in [6, 6.07) is 7.72. The van der Waals surface area contributed by atoms with Gasteiger partial charge in [0, 0.05) is 17.0 Å². The third-order valence-corrected chi connectivity index (χ3v) is 5.06. The highest BCUT2D eigenvalue weighted by molar-refractivity contribution is 7.07. The van der Waals surface area contributed by atoms with Crippen LogP contribution in [0.3, 0.4) is 0 Å². The first kappa shape index (κ1) is 20.4. The molecular formula is C21H15FN4O4S. The summed E-state index contributed by atoms with van der Waals surface area (Å²) < 4.78 is 17.8. The van der Waals surface area contributed by atoms with Gasteiger partial charge in [0.1, 0.15) is 22.8 Å².